The van der Waals surface area contributed by atoms with Gasteiger partial charge in [-0.2, -0.15) is 0 Å². The number of carbonyl (C=O) groups excluding carboxylic acids is 1. The molecule has 0 aliphatic carbocycles. The lowest BCUT2D eigenvalue weighted by atomic mass is 9.99. The minimum absolute atomic E-state index is 0.201. The van der Waals surface area contributed by atoms with Crippen LogP contribution in [0.1, 0.15) is 18.4 Å². The van der Waals surface area contributed by atoms with Crippen LogP contribution in [0.5, 0.6) is 0 Å². The minimum atomic E-state index is -0.830. The summed E-state index contributed by atoms with van der Waals surface area (Å²) in [6.45, 7) is 1.38. The number of rotatable bonds is 4. The molecule has 6 heteroatoms. The van der Waals surface area contributed by atoms with E-state index in [0.717, 1.165) is 12.0 Å². The first-order chi connectivity index (χ1) is 10.1. The summed E-state index contributed by atoms with van der Waals surface area (Å²) in [4.78, 5) is 24.6. The fraction of sp³-hybridized carbons (Fsp3) is 0.467. The number of carboxylic acid groups (broad SMARTS) is 1. The molecule has 0 spiro atoms. The average molecular weight is 311 g/mol. The van der Waals surface area contributed by atoms with Gasteiger partial charge in [-0.25, -0.2) is 4.79 Å². The van der Waals surface area contributed by atoms with Crippen LogP contribution in [0, 0.1) is 5.92 Å². The van der Waals surface area contributed by atoms with Gasteiger partial charge in [0.05, 0.1) is 5.92 Å². The minimum Gasteiger partial charge on any atom is -0.481 e. The zero-order valence-corrected chi connectivity index (χ0v) is 12.5. The predicted molar refractivity (Wildman–Crippen MR) is 80.5 cm³/mol. The number of amides is 2. The third kappa shape index (κ3) is 4.36. The van der Waals surface area contributed by atoms with Crippen molar-refractivity contribution in [2.45, 2.75) is 19.3 Å². The van der Waals surface area contributed by atoms with Gasteiger partial charge in [-0.15, -0.1) is 0 Å². The highest BCUT2D eigenvalue weighted by atomic mass is 35.5. The van der Waals surface area contributed by atoms with Crippen molar-refractivity contribution in [2.24, 2.45) is 5.92 Å². The molecule has 0 saturated carbocycles. The number of halogens is 1. The molecule has 114 valence electrons. The van der Waals surface area contributed by atoms with Gasteiger partial charge in [0.25, 0.3) is 0 Å². The molecule has 1 atom stereocenters. The first kappa shape index (κ1) is 15.6. The molecule has 1 fully saturated rings. The van der Waals surface area contributed by atoms with Crippen molar-refractivity contribution in [3.63, 3.8) is 0 Å². The highest BCUT2D eigenvalue weighted by molar-refractivity contribution is 6.31. The SMILES string of the molecule is O=C(O)C1CCCN(C(=O)NCCc2ccccc2Cl)C1. The third-order valence-corrected chi connectivity index (χ3v) is 4.05. The van der Waals surface area contributed by atoms with E-state index in [-0.39, 0.29) is 12.6 Å². The molecular weight excluding hydrogens is 292 g/mol. The zero-order chi connectivity index (χ0) is 15.2. The molecule has 0 radical (unpaired) electrons. The molecule has 1 saturated heterocycles. The Balaban J connectivity index is 1.79. The van der Waals surface area contributed by atoms with E-state index < -0.39 is 11.9 Å². The summed E-state index contributed by atoms with van der Waals surface area (Å²) >= 11 is 6.05. The summed E-state index contributed by atoms with van der Waals surface area (Å²) in [5.41, 5.74) is 0.988. The number of aliphatic carboxylic acids is 1. The van der Waals surface area contributed by atoms with Crippen LogP contribution in [-0.2, 0) is 11.2 Å². The lowest BCUT2D eigenvalue weighted by Crippen LogP contribution is -2.47. The third-order valence-electron chi connectivity index (χ3n) is 3.69. The van der Waals surface area contributed by atoms with Gasteiger partial charge in [0.1, 0.15) is 0 Å². The second-order valence-electron chi connectivity index (χ2n) is 5.20. The first-order valence-corrected chi connectivity index (χ1v) is 7.44. The maximum absolute atomic E-state index is 12.0. The quantitative estimate of drug-likeness (QED) is 0.897. The van der Waals surface area contributed by atoms with Crippen LogP contribution in [0.4, 0.5) is 4.79 Å². The average Bonchev–Trinajstić information content (AvgIpc) is 2.49. The van der Waals surface area contributed by atoms with Crippen molar-refractivity contribution >= 4 is 23.6 Å². The molecule has 1 aromatic rings. The van der Waals surface area contributed by atoms with E-state index in [1.54, 1.807) is 4.90 Å². The van der Waals surface area contributed by atoms with Crippen LogP contribution < -0.4 is 5.32 Å². The van der Waals surface area contributed by atoms with E-state index >= 15 is 0 Å². The van der Waals surface area contributed by atoms with Crippen molar-refractivity contribution < 1.29 is 14.7 Å². The van der Waals surface area contributed by atoms with Gasteiger partial charge < -0.3 is 15.3 Å². The molecule has 1 unspecified atom stereocenters. The number of nitrogens with zero attached hydrogens (tertiary/aromatic N) is 1. The molecule has 0 bridgehead atoms. The number of nitrogens with one attached hydrogen (secondary N) is 1. The fourth-order valence-electron chi connectivity index (χ4n) is 2.48. The fourth-order valence-corrected chi connectivity index (χ4v) is 2.71. The van der Waals surface area contributed by atoms with Gasteiger partial charge >= 0.3 is 12.0 Å². The standard InChI is InChI=1S/C15H19ClN2O3/c16-13-6-2-1-4-11(13)7-8-17-15(21)18-9-3-5-12(10-18)14(19)20/h1-2,4,6,12H,3,5,7-10H2,(H,17,21)(H,19,20). The van der Waals surface area contributed by atoms with E-state index in [9.17, 15) is 9.59 Å². The first-order valence-electron chi connectivity index (χ1n) is 7.07. The van der Waals surface area contributed by atoms with Crippen LogP contribution in [0.2, 0.25) is 5.02 Å². The van der Waals surface area contributed by atoms with Crippen LogP contribution in [0.25, 0.3) is 0 Å². The molecular formula is C15H19ClN2O3. The number of carbonyl (C=O) groups is 2. The monoisotopic (exact) mass is 310 g/mol. The number of carboxylic acids is 1. The molecule has 2 rings (SSSR count). The van der Waals surface area contributed by atoms with Gasteiger partial charge in [0, 0.05) is 24.7 Å². The summed E-state index contributed by atoms with van der Waals surface area (Å²) in [6.07, 6.45) is 2.02. The molecule has 1 aromatic carbocycles. The van der Waals surface area contributed by atoms with Gasteiger partial charge in [-0.1, -0.05) is 29.8 Å². The number of likely N-dealkylation sites (tertiary alicyclic amines) is 1. The Bertz CT molecular complexity index is 521. The van der Waals surface area contributed by atoms with Crippen molar-refractivity contribution in [3.05, 3.63) is 34.9 Å². The second-order valence-corrected chi connectivity index (χ2v) is 5.60. The molecule has 1 aliphatic rings. The molecule has 21 heavy (non-hydrogen) atoms. The Kier molecular flexibility index (Phi) is 5.44. The van der Waals surface area contributed by atoms with E-state index in [4.69, 9.17) is 16.7 Å². The van der Waals surface area contributed by atoms with Crippen LogP contribution in [0.15, 0.2) is 24.3 Å². The van der Waals surface area contributed by atoms with E-state index in [0.29, 0.717) is 31.0 Å². The largest absolute Gasteiger partial charge is 0.481 e. The normalized spacial score (nSPS) is 18.3. The zero-order valence-electron chi connectivity index (χ0n) is 11.7. The van der Waals surface area contributed by atoms with Crippen molar-refractivity contribution in [1.82, 2.24) is 10.2 Å². The molecule has 2 amide bonds. The summed E-state index contributed by atoms with van der Waals surface area (Å²) in [5, 5.41) is 12.5. The number of urea groups is 1. The van der Waals surface area contributed by atoms with E-state index in [2.05, 4.69) is 5.32 Å². The highest BCUT2D eigenvalue weighted by Gasteiger charge is 2.27. The van der Waals surface area contributed by atoms with Gasteiger partial charge in [0.2, 0.25) is 0 Å². The number of piperidine rings is 1. The maximum atomic E-state index is 12.0. The lowest BCUT2D eigenvalue weighted by molar-refractivity contribution is -0.143. The summed E-state index contributed by atoms with van der Waals surface area (Å²) < 4.78 is 0. The highest BCUT2D eigenvalue weighted by Crippen LogP contribution is 2.17. The van der Waals surface area contributed by atoms with Crippen molar-refractivity contribution in [1.29, 1.82) is 0 Å². The lowest BCUT2D eigenvalue weighted by Gasteiger charge is -2.30. The van der Waals surface area contributed by atoms with Crippen molar-refractivity contribution in [2.75, 3.05) is 19.6 Å². The molecule has 2 N–H and O–H groups in total. The smallest absolute Gasteiger partial charge is 0.317 e. The molecule has 1 aliphatic heterocycles. The van der Waals surface area contributed by atoms with Crippen molar-refractivity contribution in [3.8, 4) is 0 Å². The maximum Gasteiger partial charge on any atom is 0.317 e. The Hall–Kier alpha value is -1.75. The van der Waals surface area contributed by atoms with Gasteiger partial charge in [-0.3, -0.25) is 4.79 Å². The van der Waals surface area contributed by atoms with Crippen LogP contribution >= 0.6 is 11.6 Å². The van der Waals surface area contributed by atoms with Gasteiger partial charge in [0.15, 0.2) is 0 Å². The summed E-state index contributed by atoms with van der Waals surface area (Å²) in [5.74, 6) is -1.28. The Morgan fingerprint density at radius 3 is 2.86 bits per heavy atom. The predicted octanol–water partition coefficient (Wildman–Crippen LogP) is 2.39. The number of hydrogen-bond acceptors (Lipinski definition) is 2. The summed E-state index contributed by atoms with van der Waals surface area (Å²) in [7, 11) is 0. The number of hydrogen-bond donors (Lipinski definition) is 2. The van der Waals surface area contributed by atoms with E-state index in [1.807, 2.05) is 24.3 Å². The Morgan fingerprint density at radius 2 is 2.14 bits per heavy atom. The second kappa shape index (κ2) is 7.31. The summed E-state index contributed by atoms with van der Waals surface area (Å²) in [6, 6.07) is 7.32. The van der Waals surface area contributed by atoms with Gasteiger partial charge in [-0.05, 0) is 30.9 Å². The number of benzene rings is 1. The molecule has 5 nitrogen and oxygen atoms in total. The van der Waals surface area contributed by atoms with Crippen LogP contribution in [0.3, 0.4) is 0 Å². The van der Waals surface area contributed by atoms with Crippen LogP contribution in [-0.4, -0.2) is 41.6 Å². The topological polar surface area (TPSA) is 69.6 Å². The Morgan fingerprint density at radius 1 is 1.38 bits per heavy atom. The van der Waals surface area contributed by atoms with E-state index in [1.165, 1.54) is 0 Å². The molecule has 0 aromatic heterocycles. The molecule has 1 heterocycles. The Labute approximate surface area is 128 Å².